The number of halogens is 2. The molecule has 32 heavy (non-hydrogen) atoms. The van der Waals surface area contributed by atoms with Crippen molar-refractivity contribution in [2.75, 3.05) is 11.9 Å². The van der Waals surface area contributed by atoms with Crippen LogP contribution >= 0.6 is 23.2 Å². The summed E-state index contributed by atoms with van der Waals surface area (Å²) in [4.78, 5) is 12.7. The Kier molecular flexibility index (Phi) is 7.94. The Balaban J connectivity index is 1.93. The monoisotopic (exact) mass is 464 g/mol. The number of ether oxygens (including phenoxy) is 1. The zero-order chi connectivity index (χ0) is 23.1. The molecule has 0 aliphatic rings. The Hall–Kier alpha value is -3.26. The lowest BCUT2D eigenvalue weighted by Crippen LogP contribution is -2.14. The van der Waals surface area contributed by atoms with E-state index in [4.69, 9.17) is 27.9 Å². The molecule has 1 N–H and O–H groups in total. The molecule has 0 radical (unpaired) electrons. The van der Waals surface area contributed by atoms with Crippen LogP contribution in [0, 0.1) is 18.3 Å². The zero-order valence-corrected chi connectivity index (χ0v) is 19.3. The second-order valence-corrected chi connectivity index (χ2v) is 7.93. The van der Waals surface area contributed by atoms with Gasteiger partial charge in [-0.3, -0.25) is 4.79 Å². The SMILES string of the molecule is CCOc1cc(/C=C(\C#N)C(=O)Nc2ccccc2C)cc(Cl)c1Cc1ccccc1Cl. The molecule has 0 bridgehead atoms. The fourth-order valence-electron chi connectivity index (χ4n) is 3.22. The molecule has 0 fully saturated rings. The topological polar surface area (TPSA) is 62.1 Å². The van der Waals surface area contributed by atoms with Crippen molar-refractivity contribution >= 4 is 40.9 Å². The molecule has 3 aromatic carbocycles. The third-order valence-electron chi connectivity index (χ3n) is 4.87. The van der Waals surface area contributed by atoms with Gasteiger partial charge in [0, 0.05) is 27.7 Å². The molecular weight excluding hydrogens is 443 g/mol. The van der Waals surface area contributed by atoms with Gasteiger partial charge in [-0.25, -0.2) is 0 Å². The van der Waals surface area contributed by atoms with Crippen molar-refractivity contribution in [3.8, 4) is 11.8 Å². The summed E-state index contributed by atoms with van der Waals surface area (Å²) >= 11 is 12.9. The van der Waals surface area contributed by atoms with E-state index >= 15 is 0 Å². The number of amides is 1. The van der Waals surface area contributed by atoms with Crippen molar-refractivity contribution in [1.29, 1.82) is 5.26 Å². The first-order valence-electron chi connectivity index (χ1n) is 10.1. The van der Waals surface area contributed by atoms with E-state index in [0.717, 1.165) is 16.7 Å². The molecule has 3 rings (SSSR count). The van der Waals surface area contributed by atoms with Gasteiger partial charge < -0.3 is 10.1 Å². The van der Waals surface area contributed by atoms with Crippen molar-refractivity contribution in [1.82, 2.24) is 0 Å². The summed E-state index contributed by atoms with van der Waals surface area (Å²) in [5, 5.41) is 13.5. The average Bonchev–Trinajstić information content (AvgIpc) is 2.77. The molecule has 0 saturated carbocycles. The number of nitriles is 1. The molecular formula is C26H22Cl2N2O2. The highest BCUT2D eigenvalue weighted by Crippen LogP contribution is 2.33. The third-order valence-corrected chi connectivity index (χ3v) is 5.58. The lowest BCUT2D eigenvalue weighted by atomic mass is 10.0. The zero-order valence-electron chi connectivity index (χ0n) is 17.8. The molecule has 0 aliphatic carbocycles. The number of carbonyl (C=O) groups is 1. The number of benzene rings is 3. The van der Waals surface area contributed by atoms with E-state index in [1.54, 1.807) is 18.2 Å². The number of carbonyl (C=O) groups excluding carboxylic acids is 1. The lowest BCUT2D eigenvalue weighted by molar-refractivity contribution is -0.112. The standard InChI is InChI=1S/C26H22Cl2N2O2/c1-3-32-25-14-18(13-23(28)21(25)15-19-9-5-6-10-22(19)27)12-20(16-29)26(31)30-24-11-7-4-8-17(24)2/h4-14H,3,15H2,1-2H3,(H,30,31)/b20-12+. The predicted octanol–water partition coefficient (Wildman–Crippen LogP) is 6.84. The Morgan fingerprint density at radius 3 is 2.50 bits per heavy atom. The molecule has 0 aromatic heterocycles. The number of nitrogens with zero attached hydrogens (tertiary/aromatic N) is 1. The van der Waals surface area contributed by atoms with Gasteiger partial charge in [0.05, 0.1) is 6.61 Å². The number of rotatable bonds is 7. The average molecular weight is 465 g/mol. The molecule has 0 spiro atoms. The van der Waals surface area contributed by atoms with Crippen LogP contribution in [0.5, 0.6) is 5.75 Å². The summed E-state index contributed by atoms with van der Waals surface area (Å²) in [6, 6.07) is 20.4. The molecule has 0 unspecified atom stereocenters. The van der Waals surface area contributed by atoms with Gasteiger partial charge in [0.15, 0.2) is 0 Å². The van der Waals surface area contributed by atoms with Gasteiger partial charge in [-0.2, -0.15) is 5.26 Å². The lowest BCUT2D eigenvalue weighted by Gasteiger charge is -2.14. The summed E-state index contributed by atoms with van der Waals surface area (Å²) in [5.74, 6) is 0.0961. The smallest absolute Gasteiger partial charge is 0.266 e. The number of para-hydroxylation sites is 1. The van der Waals surface area contributed by atoms with Crippen molar-refractivity contribution < 1.29 is 9.53 Å². The quantitative estimate of drug-likeness (QED) is 0.307. The van der Waals surface area contributed by atoms with Crippen molar-refractivity contribution in [2.45, 2.75) is 20.3 Å². The maximum absolute atomic E-state index is 12.7. The Labute approximate surface area is 198 Å². The summed E-state index contributed by atoms with van der Waals surface area (Å²) in [5.41, 5.74) is 3.84. The highest BCUT2D eigenvalue weighted by Gasteiger charge is 2.15. The van der Waals surface area contributed by atoms with E-state index in [2.05, 4.69) is 5.32 Å². The molecule has 4 nitrogen and oxygen atoms in total. The van der Waals surface area contributed by atoms with Gasteiger partial charge >= 0.3 is 0 Å². The van der Waals surface area contributed by atoms with E-state index in [9.17, 15) is 10.1 Å². The molecule has 6 heteroatoms. The molecule has 3 aromatic rings. The number of hydrogen-bond donors (Lipinski definition) is 1. The van der Waals surface area contributed by atoms with Crippen LogP contribution in [-0.2, 0) is 11.2 Å². The minimum absolute atomic E-state index is 0.0365. The molecule has 0 aliphatic heterocycles. The maximum Gasteiger partial charge on any atom is 0.266 e. The summed E-state index contributed by atoms with van der Waals surface area (Å²) < 4.78 is 5.82. The minimum atomic E-state index is -0.490. The second kappa shape index (κ2) is 10.9. The van der Waals surface area contributed by atoms with Gasteiger partial charge in [-0.15, -0.1) is 0 Å². The maximum atomic E-state index is 12.7. The summed E-state index contributed by atoms with van der Waals surface area (Å²) in [7, 11) is 0. The Bertz CT molecular complexity index is 1210. The van der Waals surface area contributed by atoms with Crippen LogP contribution < -0.4 is 10.1 Å². The van der Waals surface area contributed by atoms with Crippen LogP contribution in [0.4, 0.5) is 5.69 Å². The van der Waals surface area contributed by atoms with Gasteiger partial charge in [0.25, 0.3) is 5.91 Å². The second-order valence-electron chi connectivity index (χ2n) is 7.12. The van der Waals surface area contributed by atoms with Crippen molar-refractivity contribution in [3.05, 3.63) is 98.5 Å². The molecule has 1 amide bonds. The van der Waals surface area contributed by atoms with E-state index < -0.39 is 5.91 Å². The highest BCUT2D eigenvalue weighted by molar-refractivity contribution is 6.32. The molecule has 0 atom stereocenters. The minimum Gasteiger partial charge on any atom is -0.494 e. The summed E-state index contributed by atoms with van der Waals surface area (Å²) in [6.45, 7) is 4.21. The fraction of sp³-hybridized carbons (Fsp3) is 0.154. The van der Waals surface area contributed by atoms with Crippen LogP contribution in [0.2, 0.25) is 10.0 Å². The van der Waals surface area contributed by atoms with Gasteiger partial charge in [-0.1, -0.05) is 59.6 Å². The van der Waals surface area contributed by atoms with E-state index in [-0.39, 0.29) is 5.57 Å². The Morgan fingerprint density at radius 1 is 1.09 bits per heavy atom. The first-order chi connectivity index (χ1) is 15.4. The van der Waals surface area contributed by atoms with E-state index in [0.29, 0.717) is 40.1 Å². The fourth-order valence-corrected chi connectivity index (χ4v) is 3.71. The van der Waals surface area contributed by atoms with Gasteiger partial charge in [0.2, 0.25) is 0 Å². The number of hydrogen-bond acceptors (Lipinski definition) is 3. The van der Waals surface area contributed by atoms with Crippen LogP contribution in [0.1, 0.15) is 29.2 Å². The molecule has 0 heterocycles. The molecule has 0 saturated heterocycles. The predicted molar refractivity (Wildman–Crippen MR) is 130 cm³/mol. The Morgan fingerprint density at radius 2 is 1.81 bits per heavy atom. The first-order valence-corrected chi connectivity index (χ1v) is 10.9. The van der Waals surface area contributed by atoms with Gasteiger partial charge in [0.1, 0.15) is 17.4 Å². The largest absolute Gasteiger partial charge is 0.494 e. The van der Waals surface area contributed by atoms with Crippen LogP contribution in [-0.4, -0.2) is 12.5 Å². The van der Waals surface area contributed by atoms with Crippen LogP contribution in [0.15, 0.2) is 66.2 Å². The van der Waals surface area contributed by atoms with E-state index in [1.807, 2.05) is 62.4 Å². The molecule has 162 valence electrons. The normalized spacial score (nSPS) is 11.0. The summed E-state index contributed by atoms with van der Waals surface area (Å²) in [6.07, 6.45) is 2.00. The number of anilines is 1. The van der Waals surface area contributed by atoms with E-state index in [1.165, 1.54) is 6.08 Å². The number of aryl methyl sites for hydroxylation is 1. The van der Waals surface area contributed by atoms with Crippen molar-refractivity contribution in [2.24, 2.45) is 0 Å². The van der Waals surface area contributed by atoms with Gasteiger partial charge in [-0.05, 0) is 60.9 Å². The van der Waals surface area contributed by atoms with Crippen LogP contribution in [0.3, 0.4) is 0 Å². The highest BCUT2D eigenvalue weighted by atomic mass is 35.5. The van der Waals surface area contributed by atoms with Crippen LogP contribution in [0.25, 0.3) is 6.08 Å². The third kappa shape index (κ3) is 5.70. The van der Waals surface area contributed by atoms with Crippen molar-refractivity contribution in [3.63, 3.8) is 0 Å². The first kappa shape index (κ1) is 23.4. The number of nitrogens with one attached hydrogen (secondary N) is 1.